The summed E-state index contributed by atoms with van der Waals surface area (Å²) in [5.74, 6) is 0.951. The number of rotatable bonds is 3. The summed E-state index contributed by atoms with van der Waals surface area (Å²) in [5.41, 5.74) is 0.692. The number of carbonyl (C=O) groups excluding carboxylic acids is 1. The monoisotopic (exact) mass is 327 g/mol. The van der Waals surface area contributed by atoms with Crippen molar-refractivity contribution in [2.75, 3.05) is 13.1 Å². The van der Waals surface area contributed by atoms with Gasteiger partial charge in [0.05, 0.1) is 6.20 Å². The fourth-order valence-electron chi connectivity index (χ4n) is 3.93. The number of hydrogen-bond donors (Lipinski definition) is 2. The van der Waals surface area contributed by atoms with E-state index in [4.69, 9.17) is 4.42 Å². The van der Waals surface area contributed by atoms with Crippen LogP contribution in [-0.4, -0.2) is 46.1 Å². The maximum atomic E-state index is 12.5. The number of carbonyl (C=O) groups is 1. The SMILES string of the molecule is C[C@H]1[C@H](NC(=O)c2ncc(-c3cccc(O)c3)o2)C2CCN1CC2. The average Bonchev–Trinajstić information content (AvgIpc) is 3.09. The van der Waals surface area contributed by atoms with Gasteiger partial charge in [-0.25, -0.2) is 4.98 Å². The third kappa shape index (κ3) is 2.67. The van der Waals surface area contributed by atoms with E-state index in [-0.39, 0.29) is 23.6 Å². The third-order valence-corrected chi connectivity index (χ3v) is 5.31. The molecule has 2 aromatic rings. The Kier molecular flexibility index (Phi) is 3.76. The molecular weight excluding hydrogens is 306 g/mol. The van der Waals surface area contributed by atoms with Crippen molar-refractivity contribution in [2.24, 2.45) is 5.92 Å². The van der Waals surface area contributed by atoms with Gasteiger partial charge in [0.15, 0.2) is 5.76 Å². The Labute approximate surface area is 140 Å². The van der Waals surface area contributed by atoms with E-state index in [1.165, 1.54) is 6.20 Å². The molecule has 1 aromatic heterocycles. The molecule has 0 aliphatic carbocycles. The molecule has 3 saturated heterocycles. The van der Waals surface area contributed by atoms with Crippen LogP contribution in [-0.2, 0) is 0 Å². The van der Waals surface area contributed by atoms with Gasteiger partial charge in [0.25, 0.3) is 5.89 Å². The van der Waals surface area contributed by atoms with Crippen LogP contribution in [0.2, 0.25) is 0 Å². The number of hydrogen-bond acceptors (Lipinski definition) is 5. The Morgan fingerprint density at radius 2 is 2.17 bits per heavy atom. The molecule has 5 rings (SSSR count). The lowest BCUT2D eigenvalue weighted by Crippen LogP contribution is -2.62. The van der Waals surface area contributed by atoms with Crippen LogP contribution in [0.3, 0.4) is 0 Å². The Morgan fingerprint density at radius 1 is 1.38 bits per heavy atom. The molecule has 4 heterocycles. The Balaban J connectivity index is 1.49. The molecule has 2 N–H and O–H groups in total. The molecule has 0 radical (unpaired) electrons. The minimum atomic E-state index is -0.271. The number of amides is 1. The highest BCUT2D eigenvalue weighted by molar-refractivity contribution is 5.90. The van der Waals surface area contributed by atoms with E-state index in [0.717, 1.165) is 25.9 Å². The van der Waals surface area contributed by atoms with Gasteiger partial charge < -0.3 is 14.8 Å². The molecular formula is C18H21N3O3. The van der Waals surface area contributed by atoms with Crippen molar-refractivity contribution in [1.29, 1.82) is 0 Å². The zero-order valence-corrected chi connectivity index (χ0v) is 13.6. The van der Waals surface area contributed by atoms with E-state index < -0.39 is 0 Å². The molecule has 1 amide bonds. The first-order valence-electron chi connectivity index (χ1n) is 8.42. The van der Waals surface area contributed by atoms with Crippen molar-refractivity contribution in [1.82, 2.24) is 15.2 Å². The van der Waals surface area contributed by atoms with Crippen LogP contribution in [0.1, 0.15) is 30.5 Å². The zero-order chi connectivity index (χ0) is 16.7. The second-order valence-electron chi connectivity index (χ2n) is 6.69. The number of aromatic hydroxyl groups is 1. The van der Waals surface area contributed by atoms with E-state index in [9.17, 15) is 9.90 Å². The fourth-order valence-corrected chi connectivity index (χ4v) is 3.93. The van der Waals surface area contributed by atoms with E-state index in [1.54, 1.807) is 24.3 Å². The number of benzene rings is 1. The van der Waals surface area contributed by atoms with Gasteiger partial charge in [-0.15, -0.1) is 0 Å². The lowest BCUT2D eigenvalue weighted by Gasteiger charge is -2.49. The Bertz CT molecular complexity index is 747. The van der Waals surface area contributed by atoms with Crippen molar-refractivity contribution in [3.8, 4) is 17.1 Å². The molecule has 1 aromatic carbocycles. The minimum absolute atomic E-state index is 0.0667. The molecule has 6 heteroatoms. The molecule has 6 nitrogen and oxygen atoms in total. The van der Waals surface area contributed by atoms with Crippen LogP contribution in [0.25, 0.3) is 11.3 Å². The van der Waals surface area contributed by atoms with Crippen molar-refractivity contribution in [3.63, 3.8) is 0 Å². The Hall–Kier alpha value is -2.34. The summed E-state index contributed by atoms with van der Waals surface area (Å²) in [6, 6.07) is 7.19. The number of piperidine rings is 3. The molecule has 2 atom stereocenters. The predicted octanol–water partition coefficient (Wildman–Crippen LogP) is 2.26. The molecule has 0 saturated carbocycles. The summed E-state index contributed by atoms with van der Waals surface area (Å²) >= 11 is 0. The molecule has 0 unspecified atom stereocenters. The zero-order valence-electron chi connectivity index (χ0n) is 13.6. The lowest BCUT2D eigenvalue weighted by molar-refractivity contribution is 0.0210. The lowest BCUT2D eigenvalue weighted by atomic mass is 9.79. The summed E-state index contributed by atoms with van der Waals surface area (Å²) in [4.78, 5) is 19.0. The normalized spacial score (nSPS) is 28.7. The van der Waals surface area contributed by atoms with Crippen LogP contribution >= 0.6 is 0 Å². The maximum absolute atomic E-state index is 12.5. The predicted molar refractivity (Wildman–Crippen MR) is 88.6 cm³/mol. The molecule has 3 fully saturated rings. The first kappa shape index (κ1) is 15.2. The van der Waals surface area contributed by atoms with Gasteiger partial charge in [0.1, 0.15) is 5.75 Å². The third-order valence-electron chi connectivity index (χ3n) is 5.31. The van der Waals surface area contributed by atoms with Crippen molar-refractivity contribution in [2.45, 2.75) is 31.8 Å². The van der Waals surface area contributed by atoms with E-state index in [1.807, 2.05) is 0 Å². The number of phenolic OH excluding ortho intramolecular Hbond substituents is 1. The van der Waals surface area contributed by atoms with Crippen LogP contribution in [0, 0.1) is 5.92 Å². The topological polar surface area (TPSA) is 78.6 Å². The first-order chi connectivity index (χ1) is 11.6. The van der Waals surface area contributed by atoms with Gasteiger partial charge >= 0.3 is 5.91 Å². The highest BCUT2D eigenvalue weighted by atomic mass is 16.4. The van der Waals surface area contributed by atoms with Crippen molar-refractivity contribution in [3.05, 3.63) is 36.4 Å². The van der Waals surface area contributed by atoms with Crippen molar-refractivity contribution >= 4 is 5.91 Å². The number of aromatic nitrogens is 1. The number of oxazole rings is 1. The highest BCUT2D eigenvalue weighted by Crippen LogP contribution is 2.32. The second kappa shape index (κ2) is 5.94. The second-order valence-corrected chi connectivity index (χ2v) is 6.69. The highest BCUT2D eigenvalue weighted by Gasteiger charge is 2.40. The molecule has 3 aliphatic rings. The standard InChI is InChI=1S/C18H21N3O3/c1-11-16(12-5-7-21(11)8-6-12)20-17(23)18-19-10-15(24-18)13-3-2-4-14(22)9-13/h2-4,9-12,16,22H,5-8H2,1H3,(H,20,23)/t11-,16-/m0/s1. The van der Waals surface area contributed by atoms with Gasteiger partial charge in [0.2, 0.25) is 0 Å². The molecule has 24 heavy (non-hydrogen) atoms. The smallest absolute Gasteiger partial charge is 0.307 e. The van der Waals surface area contributed by atoms with Gasteiger partial charge in [-0.05, 0) is 50.9 Å². The summed E-state index contributed by atoms with van der Waals surface area (Å²) in [7, 11) is 0. The van der Waals surface area contributed by atoms with Gasteiger partial charge in [-0.1, -0.05) is 12.1 Å². The molecule has 3 aliphatic heterocycles. The summed E-state index contributed by atoms with van der Waals surface area (Å²) in [6.07, 6.45) is 3.79. The number of nitrogens with one attached hydrogen (secondary N) is 1. The van der Waals surface area contributed by atoms with Gasteiger partial charge in [-0.3, -0.25) is 9.69 Å². The number of nitrogens with zero attached hydrogens (tertiary/aromatic N) is 2. The summed E-state index contributed by atoms with van der Waals surface area (Å²) < 4.78 is 5.60. The fraction of sp³-hybridized carbons (Fsp3) is 0.444. The Morgan fingerprint density at radius 3 is 2.88 bits per heavy atom. The minimum Gasteiger partial charge on any atom is -0.508 e. The van der Waals surface area contributed by atoms with Crippen LogP contribution < -0.4 is 5.32 Å². The molecule has 0 spiro atoms. The largest absolute Gasteiger partial charge is 0.508 e. The van der Waals surface area contributed by atoms with Gasteiger partial charge in [-0.2, -0.15) is 0 Å². The van der Waals surface area contributed by atoms with Crippen molar-refractivity contribution < 1.29 is 14.3 Å². The first-order valence-corrected chi connectivity index (χ1v) is 8.42. The molecule has 2 bridgehead atoms. The van der Waals surface area contributed by atoms with Crippen LogP contribution in [0.4, 0.5) is 0 Å². The number of fused-ring (bicyclic) bond motifs is 3. The van der Waals surface area contributed by atoms with E-state index in [0.29, 0.717) is 23.3 Å². The maximum Gasteiger partial charge on any atom is 0.307 e. The summed E-state index contributed by atoms with van der Waals surface area (Å²) in [5, 5.41) is 12.7. The van der Waals surface area contributed by atoms with E-state index in [2.05, 4.69) is 22.1 Å². The number of phenols is 1. The van der Waals surface area contributed by atoms with Gasteiger partial charge in [0, 0.05) is 17.6 Å². The summed E-state index contributed by atoms with van der Waals surface area (Å²) in [6.45, 7) is 4.42. The van der Waals surface area contributed by atoms with E-state index >= 15 is 0 Å². The average molecular weight is 327 g/mol. The molecule has 126 valence electrons. The van der Waals surface area contributed by atoms with Crippen LogP contribution in [0.15, 0.2) is 34.9 Å². The quantitative estimate of drug-likeness (QED) is 0.904. The van der Waals surface area contributed by atoms with Crippen LogP contribution in [0.5, 0.6) is 5.75 Å².